The van der Waals surface area contributed by atoms with Gasteiger partial charge in [0, 0.05) is 25.9 Å². The zero-order chi connectivity index (χ0) is 17.0. The Bertz CT molecular complexity index is 547. The van der Waals surface area contributed by atoms with Crippen LogP contribution in [0.25, 0.3) is 0 Å². The third kappa shape index (κ3) is 4.54. The first-order valence-corrected chi connectivity index (χ1v) is 8.06. The minimum Gasteiger partial charge on any atom is -0.478 e. The van der Waals surface area contributed by atoms with Gasteiger partial charge >= 0.3 is 5.97 Å². The number of nitrogens with zero attached hydrogens (tertiary/aromatic N) is 3. The quantitative estimate of drug-likeness (QED) is 0.863. The predicted octanol–water partition coefficient (Wildman–Crippen LogP) is 1.81. The Morgan fingerprint density at radius 1 is 1.35 bits per heavy atom. The van der Waals surface area contributed by atoms with Gasteiger partial charge in [-0.3, -0.25) is 9.48 Å². The average Bonchev–Trinajstić information content (AvgIpc) is 3.02. The minimum absolute atomic E-state index is 0.0239. The largest absolute Gasteiger partial charge is 0.478 e. The maximum atomic E-state index is 12.3. The van der Waals surface area contributed by atoms with E-state index < -0.39 is 12.1 Å². The zero-order valence-corrected chi connectivity index (χ0v) is 13.9. The fourth-order valence-corrected chi connectivity index (χ4v) is 2.66. The van der Waals surface area contributed by atoms with Crippen molar-refractivity contribution in [2.45, 2.75) is 45.8 Å². The van der Waals surface area contributed by atoms with Crippen LogP contribution < -0.4 is 0 Å². The average molecular weight is 323 g/mol. The standard InChI is InChI=1S/C16H25N3O4/c1-11(2)10-23-12(3)15(20)18-6-4-14(5-7-18)19-9-13(8-17-19)16(21)22/h8-9,11-12,14H,4-7,10H2,1-3H3,(H,21,22). The van der Waals surface area contributed by atoms with Gasteiger partial charge in [-0.2, -0.15) is 5.10 Å². The van der Waals surface area contributed by atoms with E-state index in [1.165, 1.54) is 6.20 Å². The van der Waals surface area contributed by atoms with Crippen LogP contribution in [-0.2, 0) is 9.53 Å². The number of carbonyl (C=O) groups is 2. The second kappa shape index (κ2) is 7.59. The molecular formula is C16H25N3O4. The molecule has 0 saturated carbocycles. The van der Waals surface area contributed by atoms with Crippen molar-refractivity contribution in [3.05, 3.63) is 18.0 Å². The van der Waals surface area contributed by atoms with Gasteiger partial charge in [-0.25, -0.2) is 4.79 Å². The Hall–Kier alpha value is -1.89. The van der Waals surface area contributed by atoms with Crippen LogP contribution in [0.1, 0.15) is 50.0 Å². The molecule has 1 saturated heterocycles. The summed E-state index contributed by atoms with van der Waals surface area (Å²) < 4.78 is 7.28. The first kappa shape index (κ1) is 17.5. The lowest BCUT2D eigenvalue weighted by atomic mass is 10.0. The highest BCUT2D eigenvalue weighted by molar-refractivity contribution is 5.86. The predicted molar refractivity (Wildman–Crippen MR) is 84.3 cm³/mol. The van der Waals surface area contributed by atoms with Crippen LogP contribution in [0, 0.1) is 5.92 Å². The lowest BCUT2D eigenvalue weighted by Gasteiger charge is -2.33. The number of aromatic carboxylic acids is 1. The number of amides is 1. The highest BCUT2D eigenvalue weighted by Gasteiger charge is 2.27. The van der Waals surface area contributed by atoms with Crippen molar-refractivity contribution in [2.24, 2.45) is 5.92 Å². The van der Waals surface area contributed by atoms with Crippen molar-refractivity contribution in [3.8, 4) is 0 Å². The summed E-state index contributed by atoms with van der Waals surface area (Å²) in [6.45, 7) is 7.76. The normalized spacial score (nSPS) is 17.5. The summed E-state index contributed by atoms with van der Waals surface area (Å²) >= 11 is 0. The van der Waals surface area contributed by atoms with E-state index in [1.807, 2.05) is 4.90 Å². The molecule has 1 N–H and O–H groups in total. The molecule has 1 aliphatic heterocycles. The summed E-state index contributed by atoms with van der Waals surface area (Å²) in [5.41, 5.74) is 0.194. The minimum atomic E-state index is -0.972. The highest BCUT2D eigenvalue weighted by atomic mass is 16.5. The van der Waals surface area contributed by atoms with Crippen molar-refractivity contribution >= 4 is 11.9 Å². The van der Waals surface area contributed by atoms with Crippen molar-refractivity contribution < 1.29 is 19.4 Å². The van der Waals surface area contributed by atoms with Crippen LogP contribution in [0.3, 0.4) is 0 Å². The summed E-state index contributed by atoms with van der Waals surface area (Å²) in [5, 5.41) is 13.1. The van der Waals surface area contributed by atoms with Gasteiger partial charge in [0.1, 0.15) is 6.10 Å². The van der Waals surface area contributed by atoms with Gasteiger partial charge < -0.3 is 14.7 Å². The monoisotopic (exact) mass is 323 g/mol. The lowest BCUT2D eigenvalue weighted by Crippen LogP contribution is -2.44. The summed E-state index contributed by atoms with van der Waals surface area (Å²) in [5.74, 6) is -0.546. The number of hydrogen-bond donors (Lipinski definition) is 1. The van der Waals surface area contributed by atoms with Gasteiger partial charge in [-0.05, 0) is 25.7 Å². The third-order valence-corrected chi connectivity index (χ3v) is 4.03. The molecule has 1 aliphatic rings. The number of ether oxygens (including phenoxy) is 1. The van der Waals surface area contributed by atoms with Crippen LogP contribution in [0.15, 0.2) is 12.4 Å². The Kier molecular flexibility index (Phi) is 5.76. The van der Waals surface area contributed by atoms with Gasteiger partial charge in [0.05, 0.1) is 17.8 Å². The maximum Gasteiger partial charge on any atom is 0.338 e. The van der Waals surface area contributed by atoms with Gasteiger partial charge in [0.25, 0.3) is 5.91 Å². The number of aromatic nitrogens is 2. The Morgan fingerprint density at radius 2 is 2.00 bits per heavy atom. The van der Waals surface area contributed by atoms with Crippen LogP contribution in [0.2, 0.25) is 0 Å². The number of carboxylic acid groups (broad SMARTS) is 1. The molecule has 1 unspecified atom stereocenters. The molecule has 1 atom stereocenters. The van der Waals surface area contributed by atoms with Crippen molar-refractivity contribution in [3.63, 3.8) is 0 Å². The fraction of sp³-hybridized carbons (Fsp3) is 0.688. The molecule has 1 fully saturated rings. The van der Waals surface area contributed by atoms with Crippen molar-refractivity contribution in [2.75, 3.05) is 19.7 Å². The topological polar surface area (TPSA) is 84.7 Å². The summed E-state index contributed by atoms with van der Waals surface area (Å²) in [6.07, 6.45) is 4.03. The van der Waals surface area contributed by atoms with E-state index in [0.29, 0.717) is 25.6 Å². The van der Waals surface area contributed by atoms with Crippen molar-refractivity contribution in [1.82, 2.24) is 14.7 Å². The first-order chi connectivity index (χ1) is 10.9. The molecule has 7 heteroatoms. The van der Waals surface area contributed by atoms with Crippen LogP contribution in [0.5, 0.6) is 0 Å². The highest BCUT2D eigenvalue weighted by Crippen LogP contribution is 2.23. The van der Waals surface area contributed by atoms with E-state index in [9.17, 15) is 9.59 Å². The van der Waals surface area contributed by atoms with Crippen LogP contribution in [0.4, 0.5) is 0 Å². The van der Waals surface area contributed by atoms with Gasteiger partial charge in [-0.1, -0.05) is 13.8 Å². The number of carboxylic acids is 1. The smallest absolute Gasteiger partial charge is 0.338 e. The molecule has 1 aromatic heterocycles. The first-order valence-electron chi connectivity index (χ1n) is 8.06. The third-order valence-electron chi connectivity index (χ3n) is 4.03. The molecular weight excluding hydrogens is 298 g/mol. The van der Waals surface area contributed by atoms with Gasteiger partial charge in [0.15, 0.2) is 0 Å². The molecule has 2 rings (SSSR count). The van der Waals surface area contributed by atoms with Crippen LogP contribution in [-0.4, -0.2) is 57.5 Å². The number of likely N-dealkylation sites (tertiary alicyclic amines) is 1. The Morgan fingerprint density at radius 3 is 2.52 bits per heavy atom. The lowest BCUT2D eigenvalue weighted by molar-refractivity contribution is -0.144. The molecule has 0 radical (unpaired) electrons. The van der Waals surface area contributed by atoms with E-state index in [-0.39, 0.29) is 17.5 Å². The van der Waals surface area contributed by atoms with Gasteiger partial charge in [-0.15, -0.1) is 0 Å². The summed E-state index contributed by atoms with van der Waals surface area (Å²) in [7, 11) is 0. The zero-order valence-electron chi connectivity index (χ0n) is 13.9. The molecule has 7 nitrogen and oxygen atoms in total. The second-order valence-corrected chi connectivity index (χ2v) is 6.44. The fourth-order valence-electron chi connectivity index (χ4n) is 2.66. The van der Waals surface area contributed by atoms with E-state index in [1.54, 1.807) is 17.8 Å². The molecule has 0 aromatic carbocycles. The molecule has 0 aliphatic carbocycles. The molecule has 1 aromatic rings. The Labute approximate surface area is 136 Å². The Balaban J connectivity index is 1.85. The van der Waals surface area contributed by atoms with E-state index >= 15 is 0 Å². The van der Waals surface area contributed by atoms with E-state index in [2.05, 4.69) is 18.9 Å². The van der Waals surface area contributed by atoms with Crippen molar-refractivity contribution in [1.29, 1.82) is 0 Å². The second-order valence-electron chi connectivity index (χ2n) is 6.44. The molecule has 128 valence electrons. The summed E-state index contributed by atoms with van der Waals surface area (Å²) in [6, 6.07) is 0.138. The molecule has 2 heterocycles. The number of carbonyl (C=O) groups excluding carboxylic acids is 1. The maximum absolute atomic E-state index is 12.3. The van der Waals surface area contributed by atoms with E-state index in [4.69, 9.17) is 9.84 Å². The summed E-state index contributed by atoms with van der Waals surface area (Å²) in [4.78, 5) is 25.1. The number of rotatable bonds is 6. The van der Waals surface area contributed by atoms with E-state index in [0.717, 1.165) is 12.8 Å². The van der Waals surface area contributed by atoms with Gasteiger partial charge in [0.2, 0.25) is 0 Å². The molecule has 23 heavy (non-hydrogen) atoms. The van der Waals surface area contributed by atoms with Crippen LogP contribution >= 0.6 is 0 Å². The SMILES string of the molecule is CC(C)COC(C)C(=O)N1CCC(n2cc(C(=O)O)cn2)CC1. The number of hydrogen-bond acceptors (Lipinski definition) is 4. The molecule has 1 amide bonds. The molecule has 0 spiro atoms. The molecule has 0 bridgehead atoms. The number of piperidine rings is 1.